The van der Waals surface area contributed by atoms with Crippen LogP contribution in [-0.4, -0.2) is 94.6 Å². The molecule has 9 rings (SSSR count). The van der Waals surface area contributed by atoms with Crippen molar-refractivity contribution in [1.29, 1.82) is 0 Å². The molecule has 5 aromatic rings. The number of likely N-dealkylation sites (tertiary alicyclic amines) is 1. The zero-order valence-corrected chi connectivity index (χ0v) is 36.6. The first kappa shape index (κ1) is 42.2. The Bertz CT molecular complexity index is 2460. The molecule has 1 unspecified atom stereocenters. The van der Waals surface area contributed by atoms with Crippen LogP contribution in [0, 0.1) is 21.4 Å². The number of piperazine rings is 1. The van der Waals surface area contributed by atoms with Gasteiger partial charge in [0.2, 0.25) is 0 Å². The fraction of sp³-hybridized carbons (Fsp3) is 0.404. The van der Waals surface area contributed by atoms with Gasteiger partial charge in [0, 0.05) is 67.6 Å². The third kappa shape index (κ3) is 9.44. The normalized spacial score (nSPS) is 19.0. The summed E-state index contributed by atoms with van der Waals surface area (Å²) in [6, 6.07) is 21.9. The molecular weight excluding hydrogens is 824 g/mol. The summed E-state index contributed by atoms with van der Waals surface area (Å²) in [7, 11) is 2.09. The van der Waals surface area contributed by atoms with E-state index in [4.69, 9.17) is 16.3 Å². The van der Waals surface area contributed by atoms with Crippen LogP contribution in [0.15, 0.2) is 95.7 Å². The molecule has 4 aliphatic rings. The van der Waals surface area contributed by atoms with Crippen LogP contribution in [0.2, 0.25) is 5.02 Å². The van der Waals surface area contributed by atoms with Crippen LogP contribution in [0.1, 0.15) is 67.3 Å². The first-order valence-electron chi connectivity index (χ1n) is 21.7. The van der Waals surface area contributed by atoms with Crippen molar-refractivity contribution in [2.45, 2.75) is 56.3 Å². The van der Waals surface area contributed by atoms with Crippen molar-refractivity contribution in [1.82, 2.24) is 24.5 Å². The summed E-state index contributed by atoms with van der Waals surface area (Å²) in [4.78, 5) is 40.4. The first-order chi connectivity index (χ1) is 30.1. The second-order valence-electron chi connectivity index (χ2n) is 17.5. The number of aromatic nitrogens is 2. The van der Waals surface area contributed by atoms with Crippen LogP contribution >= 0.6 is 11.6 Å². The molecule has 3 aromatic carbocycles. The molecule has 4 heterocycles. The lowest BCUT2D eigenvalue weighted by atomic mass is 9.59. The molecule has 1 saturated carbocycles. The molecule has 1 atom stereocenters. The minimum absolute atomic E-state index is 0.112. The maximum absolute atomic E-state index is 13.9. The number of nitrogens with one attached hydrogen (secondary N) is 3. The second-order valence-corrected chi connectivity index (χ2v) is 19.2. The van der Waals surface area contributed by atoms with E-state index in [1.165, 1.54) is 42.9 Å². The number of fused-ring (bicyclic) bond motifs is 1. The van der Waals surface area contributed by atoms with Gasteiger partial charge in [-0.2, -0.15) is 4.72 Å². The van der Waals surface area contributed by atoms with Gasteiger partial charge in [0.25, 0.3) is 11.6 Å². The highest BCUT2D eigenvalue weighted by molar-refractivity contribution is 7.90. The van der Waals surface area contributed by atoms with Crippen LogP contribution in [0.4, 0.5) is 17.1 Å². The van der Waals surface area contributed by atoms with E-state index in [0.29, 0.717) is 35.0 Å². The van der Waals surface area contributed by atoms with Gasteiger partial charge in [0.05, 0.1) is 22.7 Å². The number of aromatic amines is 1. The van der Waals surface area contributed by atoms with Gasteiger partial charge in [-0.3, -0.25) is 19.8 Å². The Morgan fingerprint density at radius 2 is 1.79 bits per heavy atom. The van der Waals surface area contributed by atoms with Crippen LogP contribution in [0.25, 0.3) is 16.6 Å². The van der Waals surface area contributed by atoms with E-state index in [-0.39, 0.29) is 21.9 Å². The van der Waals surface area contributed by atoms with Gasteiger partial charge in [0.15, 0.2) is 4.90 Å². The SMILES string of the molecule is CN1CCC(CNc2ccc([S+]([O-])NC(=O)c3ccc(N4CCN(CC5=C(c6ccc(Cl)cc6)CC6(CCC6)CC5)CC4)cc3Oc3cnc4[nH]ccc4c3)cc2[N+](=O)[O-])CC1. The second kappa shape index (κ2) is 18.3. The molecule has 3 fully saturated rings. The summed E-state index contributed by atoms with van der Waals surface area (Å²) in [5.41, 5.74) is 6.75. The van der Waals surface area contributed by atoms with Crippen LogP contribution in [0.5, 0.6) is 11.5 Å². The van der Waals surface area contributed by atoms with E-state index in [1.54, 1.807) is 36.2 Å². The number of amides is 1. The number of anilines is 2. The molecule has 62 heavy (non-hydrogen) atoms. The van der Waals surface area contributed by atoms with Gasteiger partial charge in [0.1, 0.15) is 34.2 Å². The van der Waals surface area contributed by atoms with Crippen molar-refractivity contribution in [3.8, 4) is 11.5 Å². The molecule has 3 N–H and O–H groups in total. The molecular formula is C47H53ClN8O5S. The number of hydrogen-bond acceptors (Lipinski definition) is 10. The summed E-state index contributed by atoms with van der Waals surface area (Å²) < 4.78 is 22.6. The zero-order valence-electron chi connectivity index (χ0n) is 35.0. The van der Waals surface area contributed by atoms with Crippen molar-refractivity contribution in [3.05, 3.63) is 117 Å². The third-order valence-corrected chi connectivity index (χ3v) is 14.8. The number of rotatable bonds is 13. The molecule has 0 radical (unpaired) electrons. The Kier molecular flexibility index (Phi) is 12.5. The number of ether oxygens (including phenoxy) is 1. The van der Waals surface area contributed by atoms with E-state index in [9.17, 15) is 19.5 Å². The summed E-state index contributed by atoms with van der Waals surface area (Å²) in [6.45, 7) is 6.89. The van der Waals surface area contributed by atoms with Crippen molar-refractivity contribution in [2.75, 3.05) is 69.6 Å². The van der Waals surface area contributed by atoms with Gasteiger partial charge in [-0.25, -0.2) is 4.98 Å². The number of benzene rings is 3. The van der Waals surface area contributed by atoms with Crippen molar-refractivity contribution in [2.24, 2.45) is 11.3 Å². The minimum atomic E-state index is -2.10. The van der Waals surface area contributed by atoms with Gasteiger partial charge < -0.3 is 29.4 Å². The summed E-state index contributed by atoms with van der Waals surface area (Å²) >= 11 is 4.19. The smallest absolute Gasteiger partial charge is 0.297 e. The van der Waals surface area contributed by atoms with E-state index < -0.39 is 22.2 Å². The number of nitro groups is 1. The number of nitrogens with zero attached hydrogens (tertiary/aromatic N) is 5. The number of piperidine rings is 1. The predicted molar refractivity (Wildman–Crippen MR) is 245 cm³/mol. The lowest BCUT2D eigenvalue weighted by Crippen LogP contribution is -2.47. The first-order valence-corrected chi connectivity index (χ1v) is 23.2. The highest BCUT2D eigenvalue weighted by atomic mass is 35.5. The van der Waals surface area contributed by atoms with Crippen molar-refractivity contribution >= 4 is 62.5 Å². The molecule has 2 aromatic heterocycles. The Morgan fingerprint density at radius 1 is 1.00 bits per heavy atom. The Balaban J connectivity index is 0.903. The lowest BCUT2D eigenvalue weighted by molar-refractivity contribution is -0.384. The lowest BCUT2D eigenvalue weighted by Gasteiger charge is -2.47. The van der Waals surface area contributed by atoms with Crippen LogP contribution < -0.4 is 19.7 Å². The van der Waals surface area contributed by atoms with E-state index in [2.05, 4.69) is 53.9 Å². The number of carbonyl (C=O) groups is 1. The number of nitro benzene ring substituents is 1. The molecule has 2 aliphatic carbocycles. The third-order valence-electron chi connectivity index (χ3n) is 13.5. The number of carbonyl (C=O) groups excluding carboxylic acids is 1. The molecule has 13 nitrogen and oxygen atoms in total. The van der Waals surface area contributed by atoms with E-state index in [1.807, 2.05) is 36.4 Å². The Labute approximate surface area is 370 Å². The van der Waals surface area contributed by atoms with Gasteiger partial charge in [-0.15, -0.1) is 0 Å². The van der Waals surface area contributed by atoms with Crippen LogP contribution in [-0.2, 0) is 11.4 Å². The number of pyridine rings is 1. The maximum atomic E-state index is 13.9. The maximum Gasteiger partial charge on any atom is 0.297 e. The highest BCUT2D eigenvalue weighted by Crippen LogP contribution is 2.55. The summed E-state index contributed by atoms with van der Waals surface area (Å²) in [6.07, 6.45) is 13.0. The van der Waals surface area contributed by atoms with Gasteiger partial charge in [-0.05, 0) is 136 Å². The Morgan fingerprint density at radius 3 is 2.53 bits per heavy atom. The van der Waals surface area contributed by atoms with Crippen LogP contribution in [0.3, 0.4) is 0 Å². The molecule has 1 spiro atoms. The van der Waals surface area contributed by atoms with E-state index in [0.717, 1.165) is 87.6 Å². The molecule has 1 amide bonds. The standard InChI is InChI=1S/C47H53ClN8O5S/c1-53-19-13-32(14-20-53)29-50-42-10-8-39(27-43(42)56(58)59)62(60)52-46(57)40-9-7-37(26-44(40)61-38-25-34-12-18-49-45(34)51-30-38)55-23-21-54(22-24-55)31-35-11-17-47(15-2-16-47)28-41(35)33-3-5-36(48)6-4-33/h3-10,12,18,25-27,30,32,50H,2,11,13-17,19-24,28-29,31H2,1H3,(H,49,51)(H,52,57). The molecule has 2 aliphatic heterocycles. The fourth-order valence-electron chi connectivity index (χ4n) is 9.55. The zero-order chi connectivity index (χ0) is 42.8. The number of halogens is 1. The average molecular weight is 878 g/mol. The average Bonchev–Trinajstić information content (AvgIpc) is 3.74. The molecule has 2 saturated heterocycles. The minimum Gasteiger partial charge on any atom is -0.588 e. The molecule has 0 bridgehead atoms. The predicted octanol–water partition coefficient (Wildman–Crippen LogP) is 9.05. The van der Waals surface area contributed by atoms with Crippen molar-refractivity contribution in [3.63, 3.8) is 0 Å². The van der Waals surface area contributed by atoms with Gasteiger partial charge in [-0.1, -0.05) is 35.7 Å². The largest absolute Gasteiger partial charge is 0.588 e. The topological polar surface area (TPSA) is 155 Å². The highest BCUT2D eigenvalue weighted by Gasteiger charge is 2.41. The Hall–Kier alpha value is -5.12. The number of allylic oxidation sites excluding steroid dienone is 1. The van der Waals surface area contributed by atoms with E-state index >= 15 is 0 Å². The number of hydrogen-bond donors (Lipinski definition) is 3. The quantitative estimate of drug-likeness (QED) is 0.0593. The van der Waals surface area contributed by atoms with Crippen molar-refractivity contribution < 1.29 is 19.0 Å². The number of H-pyrrole nitrogens is 1. The summed E-state index contributed by atoms with van der Waals surface area (Å²) in [5.74, 6) is 0.485. The fourth-order valence-corrected chi connectivity index (χ4v) is 10.5. The summed E-state index contributed by atoms with van der Waals surface area (Å²) in [5, 5.41) is 17.0. The monoisotopic (exact) mass is 876 g/mol. The van der Waals surface area contributed by atoms with Gasteiger partial charge >= 0.3 is 0 Å². The molecule has 15 heteroatoms. The molecule has 324 valence electrons.